The van der Waals surface area contributed by atoms with E-state index in [2.05, 4.69) is 10.3 Å². The molecule has 2 N–H and O–H groups in total. The van der Waals surface area contributed by atoms with E-state index in [1.54, 1.807) is 20.0 Å². The van der Waals surface area contributed by atoms with E-state index in [1.807, 2.05) is 0 Å². The van der Waals surface area contributed by atoms with Gasteiger partial charge in [0.25, 0.3) is 5.69 Å². The van der Waals surface area contributed by atoms with Crippen molar-refractivity contribution in [3.63, 3.8) is 0 Å². The molecule has 106 valence electrons. The van der Waals surface area contributed by atoms with Gasteiger partial charge in [-0.15, -0.1) is 5.10 Å². The average Bonchev–Trinajstić information content (AvgIpc) is 2.87. The largest absolute Gasteiger partial charge is 0.494 e. The van der Waals surface area contributed by atoms with Crippen LogP contribution in [0.2, 0.25) is 0 Å². The van der Waals surface area contributed by atoms with Crippen molar-refractivity contribution in [2.24, 2.45) is 5.73 Å². The summed E-state index contributed by atoms with van der Waals surface area (Å²) in [6, 6.07) is 4.26. The Bertz CT molecular complexity index is 645. The predicted octanol–water partition coefficient (Wildman–Crippen LogP) is 1.38. The van der Waals surface area contributed by atoms with Crippen LogP contribution >= 0.6 is 0 Å². The number of nitro groups is 1. The van der Waals surface area contributed by atoms with Gasteiger partial charge < -0.3 is 10.5 Å². The number of aromatic nitrogens is 3. The van der Waals surface area contributed by atoms with Gasteiger partial charge >= 0.3 is 0 Å². The minimum absolute atomic E-state index is 0.0511. The van der Waals surface area contributed by atoms with E-state index >= 15 is 0 Å². The molecule has 0 aliphatic carbocycles. The summed E-state index contributed by atoms with van der Waals surface area (Å²) >= 11 is 0. The van der Waals surface area contributed by atoms with E-state index in [1.165, 1.54) is 30.0 Å². The lowest BCUT2D eigenvalue weighted by molar-refractivity contribution is -0.384. The van der Waals surface area contributed by atoms with Crippen molar-refractivity contribution in [2.45, 2.75) is 19.4 Å². The quantitative estimate of drug-likeness (QED) is 0.667. The molecule has 0 radical (unpaired) electrons. The van der Waals surface area contributed by atoms with Gasteiger partial charge in [0.1, 0.15) is 17.1 Å². The first-order chi connectivity index (χ1) is 9.32. The first-order valence-electron chi connectivity index (χ1n) is 5.87. The minimum atomic E-state index is -0.647. The van der Waals surface area contributed by atoms with Gasteiger partial charge in [-0.05, 0) is 19.9 Å². The van der Waals surface area contributed by atoms with Gasteiger partial charge in [-0.2, -0.15) is 0 Å². The topological polar surface area (TPSA) is 109 Å². The number of nitrogens with zero attached hydrogens (tertiary/aromatic N) is 4. The maximum atomic E-state index is 10.8. The molecular formula is C12H15N5O3. The molecule has 8 heteroatoms. The Morgan fingerprint density at radius 2 is 2.15 bits per heavy atom. The molecule has 8 nitrogen and oxygen atoms in total. The molecule has 0 aliphatic heterocycles. The number of methoxy groups -OCH3 is 1. The second-order valence-corrected chi connectivity index (χ2v) is 4.88. The van der Waals surface area contributed by atoms with Crippen molar-refractivity contribution in [1.29, 1.82) is 0 Å². The number of non-ortho nitro benzene ring substituents is 1. The third-order valence-electron chi connectivity index (χ3n) is 2.77. The molecule has 0 aliphatic rings. The van der Waals surface area contributed by atoms with E-state index in [4.69, 9.17) is 10.5 Å². The first-order valence-corrected chi connectivity index (χ1v) is 5.87. The summed E-state index contributed by atoms with van der Waals surface area (Å²) in [5.41, 5.74) is 6.25. The molecule has 0 spiro atoms. The number of hydrogen-bond donors (Lipinski definition) is 1. The van der Waals surface area contributed by atoms with Gasteiger partial charge in [0, 0.05) is 12.1 Å². The number of nitrogens with two attached hydrogens (primary N) is 1. The second-order valence-electron chi connectivity index (χ2n) is 4.88. The van der Waals surface area contributed by atoms with Gasteiger partial charge in [-0.1, -0.05) is 5.21 Å². The SMILES string of the molecule is COc1ccc([N+](=O)[O-])cc1-n1cc(C(C)(C)N)nn1. The molecule has 1 aromatic heterocycles. The Labute approximate surface area is 115 Å². The van der Waals surface area contributed by atoms with Crippen molar-refractivity contribution in [3.8, 4) is 11.4 Å². The number of hydrogen-bond acceptors (Lipinski definition) is 6. The molecule has 1 aromatic carbocycles. The Hall–Kier alpha value is -2.48. The highest BCUT2D eigenvalue weighted by molar-refractivity contribution is 5.53. The standard InChI is InChI=1S/C12H15N5O3/c1-12(2,13)11-7-16(15-14-11)9-6-8(17(18)19)4-5-10(9)20-3/h4-7H,13H2,1-3H3. The van der Waals surface area contributed by atoms with Crippen LogP contribution in [0.3, 0.4) is 0 Å². The van der Waals surface area contributed by atoms with Crippen LogP contribution in [0.1, 0.15) is 19.5 Å². The summed E-state index contributed by atoms with van der Waals surface area (Å²) < 4.78 is 6.60. The lowest BCUT2D eigenvalue weighted by atomic mass is 10.0. The molecule has 20 heavy (non-hydrogen) atoms. The monoisotopic (exact) mass is 277 g/mol. The zero-order valence-electron chi connectivity index (χ0n) is 11.4. The van der Waals surface area contributed by atoms with Crippen LogP contribution in [-0.4, -0.2) is 27.0 Å². The first kappa shape index (κ1) is 13.9. The molecule has 2 aromatic rings. The third kappa shape index (κ3) is 2.59. The maximum Gasteiger partial charge on any atom is 0.271 e. The molecule has 0 fully saturated rings. The third-order valence-corrected chi connectivity index (χ3v) is 2.77. The van der Waals surface area contributed by atoms with Gasteiger partial charge in [0.15, 0.2) is 0 Å². The molecule has 0 amide bonds. The Morgan fingerprint density at radius 1 is 1.45 bits per heavy atom. The molecule has 0 unspecified atom stereocenters. The average molecular weight is 277 g/mol. The molecule has 0 saturated heterocycles. The van der Waals surface area contributed by atoms with Crippen LogP contribution in [0.15, 0.2) is 24.4 Å². The summed E-state index contributed by atoms with van der Waals surface area (Å²) in [4.78, 5) is 10.4. The van der Waals surface area contributed by atoms with E-state index in [0.29, 0.717) is 17.1 Å². The van der Waals surface area contributed by atoms with Crippen molar-refractivity contribution in [3.05, 3.63) is 40.2 Å². The van der Waals surface area contributed by atoms with E-state index in [-0.39, 0.29) is 5.69 Å². The molecule has 1 heterocycles. The Balaban J connectivity index is 2.53. The highest BCUT2D eigenvalue weighted by atomic mass is 16.6. The lowest BCUT2D eigenvalue weighted by Crippen LogP contribution is -2.29. The second kappa shape index (κ2) is 4.89. The zero-order chi connectivity index (χ0) is 14.9. The summed E-state index contributed by atoms with van der Waals surface area (Å²) in [7, 11) is 1.48. The minimum Gasteiger partial charge on any atom is -0.494 e. The van der Waals surface area contributed by atoms with E-state index < -0.39 is 10.5 Å². The van der Waals surface area contributed by atoms with Crippen molar-refractivity contribution >= 4 is 5.69 Å². The molecule has 0 saturated carbocycles. The van der Waals surface area contributed by atoms with Crippen LogP contribution in [0, 0.1) is 10.1 Å². The number of benzene rings is 1. The summed E-state index contributed by atoms with van der Waals surface area (Å²) in [6.45, 7) is 3.60. The normalized spacial score (nSPS) is 11.4. The summed E-state index contributed by atoms with van der Waals surface area (Å²) in [6.07, 6.45) is 1.63. The molecule has 0 atom stereocenters. The molecule has 2 rings (SSSR count). The van der Waals surface area contributed by atoms with Gasteiger partial charge in [0.05, 0.1) is 23.8 Å². The summed E-state index contributed by atoms with van der Waals surface area (Å²) in [5, 5.41) is 18.8. The number of nitro benzene ring substituents is 1. The van der Waals surface area contributed by atoms with Crippen LogP contribution in [0.4, 0.5) is 5.69 Å². The van der Waals surface area contributed by atoms with Crippen molar-refractivity contribution in [2.75, 3.05) is 7.11 Å². The van der Waals surface area contributed by atoms with Gasteiger partial charge in [-0.25, -0.2) is 4.68 Å². The van der Waals surface area contributed by atoms with E-state index in [9.17, 15) is 10.1 Å². The van der Waals surface area contributed by atoms with Gasteiger partial charge in [0.2, 0.25) is 0 Å². The molecule has 0 bridgehead atoms. The van der Waals surface area contributed by atoms with E-state index in [0.717, 1.165) is 0 Å². The Kier molecular flexibility index (Phi) is 3.41. The number of rotatable bonds is 4. The summed E-state index contributed by atoms with van der Waals surface area (Å²) in [5.74, 6) is 0.460. The fourth-order valence-electron chi connectivity index (χ4n) is 1.65. The van der Waals surface area contributed by atoms with Crippen molar-refractivity contribution < 1.29 is 9.66 Å². The Morgan fingerprint density at radius 3 is 2.65 bits per heavy atom. The predicted molar refractivity (Wildman–Crippen MR) is 71.8 cm³/mol. The highest BCUT2D eigenvalue weighted by Crippen LogP contribution is 2.27. The fraction of sp³-hybridized carbons (Fsp3) is 0.333. The highest BCUT2D eigenvalue weighted by Gasteiger charge is 2.20. The van der Waals surface area contributed by atoms with Crippen LogP contribution in [0.5, 0.6) is 5.75 Å². The lowest BCUT2D eigenvalue weighted by Gasteiger charge is -2.13. The van der Waals surface area contributed by atoms with Crippen LogP contribution in [0.25, 0.3) is 5.69 Å². The van der Waals surface area contributed by atoms with Gasteiger partial charge in [-0.3, -0.25) is 10.1 Å². The fourth-order valence-corrected chi connectivity index (χ4v) is 1.65. The van der Waals surface area contributed by atoms with Crippen LogP contribution < -0.4 is 10.5 Å². The van der Waals surface area contributed by atoms with Crippen LogP contribution in [-0.2, 0) is 5.54 Å². The smallest absolute Gasteiger partial charge is 0.271 e. The maximum absolute atomic E-state index is 10.8. The number of ether oxygens (including phenoxy) is 1. The zero-order valence-corrected chi connectivity index (χ0v) is 11.4. The van der Waals surface area contributed by atoms with Crippen molar-refractivity contribution in [1.82, 2.24) is 15.0 Å². The molecular weight excluding hydrogens is 262 g/mol.